The van der Waals surface area contributed by atoms with Crippen molar-refractivity contribution in [1.82, 2.24) is 10.2 Å². The van der Waals surface area contributed by atoms with E-state index in [-0.39, 0.29) is 30.2 Å². The molecule has 0 heterocycles. The van der Waals surface area contributed by atoms with Gasteiger partial charge in [-0.05, 0) is 48.7 Å². The zero-order valence-electron chi connectivity index (χ0n) is 20.9. The molecule has 2 amide bonds. The summed E-state index contributed by atoms with van der Waals surface area (Å²) in [4.78, 5) is 28.9. The number of nitrogens with one attached hydrogen (secondary N) is 1. The molecule has 3 rings (SSSR count). The lowest BCUT2D eigenvalue weighted by atomic mass is 10.0. The Kier molecular flexibility index (Phi) is 11.8. The zero-order valence-corrected chi connectivity index (χ0v) is 24.8. The molecule has 0 radical (unpaired) electrons. The number of nitrogens with zero attached hydrogens (tertiary/aromatic N) is 1. The Bertz CT molecular complexity index is 1160. The summed E-state index contributed by atoms with van der Waals surface area (Å²) in [5, 5.41) is 4.01. The van der Waals surface area contributed by atoms with Crippen LogP contribution in [0.1, 0.15) is 37.0 Å². The minimum Gasteiger partial charge on any atom is -0.352 e. The highest BCUT2D eigenvalue weighted by Crippen LogP contribution is 2.28. The number of thioether (sulfide) groups is 1. The van der Waals surface area contributed by atoms with Crippen molar-refractivity contribution < 1.29 is 9.59 Å². The second-order valence-corrected chi connectivity index (χ2v) is 11.6. The second kappa shape index (κ2) is 14.8. The van der Waals surface area contributed by atoms with Gasteiger partial charge in [0.05, 0.1) is 5.75 Å². The minimum atomic E-state index is -0.718. The lowest BCUT2D eigenvalue weighted by Gasteiger charge is -2.32. The van der Waals surface area contributed by atoms with E-state index in [2.05, 4.69) is 21.2 Å². The average molecular weight is 622 g/mol. The average Bonchev–Trinajstić information content (AvgIpc) is 2.89. The first-order valence-electron chi connectivity index (χ1n) is 12.2. The van der Waals surface area contributed by atoms with Crippen molar-refractivity contribution in [2.24, 2.45) is 0 Å². The van der Waals surface area contributed by atoms with Gasteiger partial charge < -0.3 is 10.2 Å². The summed E-state index contributed by atoms with van der Waals surface area (Å²) >= 11 is 18.0. The lowest BCUT2D eigenvalue weighted by molar-refractivity contribution is -0.139. The molecule has 0 aliphatic rings. The minimum absolute atomic E-state index is 0.0154. The summed E-state index contributed by atoms with van der Waals surface area (Å²) in [6.45, 7) is 4.12. The maximum atomic E-state index is 13.7. The number of halogens is 3. The largest absolute Gasteiger partial charge is 0.352 e. The molecular formula is C29H31BrCl2N2O2S. The van der Waals surface area contributed by atoms with Crippen LogP contribution >= 0.6 is 50.9 Å². The molecule has 0 saturated heterocycles. The van der Waals surface area contributed by atoms with Crippen LogP contribution in [-0.2, 0) is 28.3 Å². The molecule has 37 heavy (non-hydrogen) atoms. The van der Waals surface area contributed by atoms with Crippen LogP contribution in [-0.4, -0.2) is 34.6 Å². The molecule has 3 aromatic rings. The Balaban J connectivity index is 1.90. The molecule has 0 aliphatic heterocycles. The van der Waals surface area contributed by atoms with E-state index in [0.717, 1.165) is 22.0 Å². The van der Waals surface area contributed by atoms with Crippen LogP contribution in [0.3, 0.4) is 0 Å². The Morgan fingerprint density at radius 1 is 0.946 bits per heavy atom. The SMILES string of the molecule is CCC(C)NC(=O)C(Cc1ccccc1)N(Cc1c(Cl)cccc1Cl)C(=O)CSCc1ccc(Br)cc1. The molecule has 2 atom stereocenters. The van der Waals surface area contributed by atoms with Gasteiger partial charge in [0.25, 0.3) is 0 Å². The van der Waals surface area contributed by atoms with Crippen molar-refractivity contribution >= 4 is 62.7 Å². The summed E-state index contributed by atoms with van der Waals surface area (Å²) in [6.07, 6.45) is 1.17. The zero-order chi connectivity index (χ0) is 26.8. The highest BCUT2D eigenvalue weighted by Gasteiger charge is 2.31. The van der Waals surface area contributed by atoms with E-state index in [4.69, 9.17) is 23.2 Å². The van der Waals surface area contributed by atoms with Crippen LogP contribution in [0.15, 0.2) is 77.3 Å². The first kappa shape index (κ1) is 29.6. The Morgan fingerprint density at radius 2 is 1.59 bits per heavy atom. The molecule has 0 saturated carbocycles. The number of benzene rings is 3. The van der Waals surface area contributed by atoms with Gasteiger partial charge in [-0.3, -0.25) is 9.59 Å². The Morgan fingerprint density at radius 3 is 2.22 bits per heavy atom. The fourth-order valence-electron chi connectivity index (χ4n) is 3.77. The van der Waals surface area contributed by atoms with Crippen molar-refractivity contribution in [1.29, 1.82) is 0 Å². The quantitative estimate of drug-likeness (QED) is 0.227. The van der Waals surface area contributed by atoms with Gasteiger partial charge in [0.2, 0.25) is 11.8 Å². The number of hydrogen-bond donors (Lipinski definition) is 1. The van der Waals surface area contributed by atoms with Gasteiger partial charge in [-0.1, -0.05) is 94.6 Å². The van der Waals surface area contributed by atoms with Gasteiger partial charge in [-0.15, -0.1) is 11.8 Å². The molecular weight excluding hydrogens is 591 g/mol. The molecule has 1 N–H and O–H groups in total. The maximum absolute atomic E-state index is 13.7. The first-order chi connectivity index (χ1) is 17.8. The van der Waals surface area contributed by atoms with Gasteiger partial charge >= 0.3 is 0 Å². The van der Waals surface area contributed by atoms with E-state index in [1.165, 1.54) is 11.8 Å². The van der Waals surface area contributed by atoms with Crippen molar-refractivity contribution in [3.05, 3.63) is 104 Å². The Hall–Kier alpha value is -1.99. The topological polar surface area (TPSA) is 49.4 Å². The van der Waals surface area contributed by atoms with Crippen LogP contribution in [0.25, 0.3) is 0 Å². The monoisotopic (exact) mass is 620 g/mol. The standard InChI is InChI=1S/C29H31BrCl2N2O2S/c1-3-20(2)33-29(36)27(16-21-8-5-4-6-9-21)34(17-24-25(31)10-7-11-26(24)32)28(35)19-37-18-22-12-14-23(30)15-13-22/h4-15,20,27H,3,16-19H2,1-2H3,(H,33,36). The number of hydrogen-bond acceptors (Lipinski definition) is 3. The lowest BCUT2D eigenvalue weighted by Crippen LogP contribution is -2.52. The van der Waals surface area contributed by atoms with Crippen LogP contribution in [0.5, 0.6) is 0 Å². The van der Waals surface area contributed by atoms with Crippen molar-refractivity contribution in [2.45, 2.75) is 51.1 Å². The third-order valence-corrected chi connectivity index (χ3v) is 8.30. The summed E-state index contributed by atoms with van der Waals surface area (Å²) in [5.41, 5.74) is 2.72. The molecule has 196 valence electrons. The highest BCUT2D eigenvalue weighted by molar-refractivity contribution is 9.10. The second-order valence-electron chi connectivity index (χ2n) is 8.86. The molecule has 0 aliphatic carbocycles. The molecule has 2 unspecified atom stereocenters. The van der Waals surface area contributed by atoms with Crippen molar-refractivity contribution in [3.8, 4) is 0 Å². The van der Waals surface area contributed by atoms with Gasteiger partial charge in [0.15, 0.2) is 0 Å². The maximum Gasteiger partial charge on any atom is 0.243 e. The third kappa shape index (κ3) is 9.06. The first-order valence-corrected chi connectivity index (χ1v) is 14.9. The van der Waals surface area contributed by atoms with Crippen LogP contribution in [0, 0.1) is 0 Å². The van der Waals surface area contributed by atoms with Crippen LogP contribution in [0.4, 0.5) is 0 Å². The fraction of sp³-hybridized carbons (Fsp3) is 0.310. The normalized spacial score (nSPS) is 12.6. The van der Waals surface area contributed by atoms with E-state index < -0.39 is 6.04 Å². The van der Waals surface area contributed by atoms with E-state index in [1.54, 1.807) is 23.1 Å². The summed E-state index contributed by atoms with van der Waals surface area (Å²) in [7, 11) is 0. The molecule has 0 bridgehead atoms. The fourth-order valence-corrected chi connectivity index (χ4v) is 5.42. The van der Waals surface area contributed by atoms with Gasteiger partial charge in [0, 0.05) is 44.8 Å². The van der Waals surface area contributed by atoms with E-state index >= 15 is 0 Å². The van der Waals surface area contributed by atoms with E-state index in [0.29, 0.717) is 27.8 Å². The van der Waals surface area contributed by atoms with Crippen LogP contribution in [0.2, 0.25) is 10.0 Å². The molecule has 0 aromatic heterocycles. The number of rotatable bonds is 12. The van der Waals surface area contributed by atoms with Crippen molar-refractivity contribution in [3.63, 3.8) is 0 Å². The predicted molar refractivity (Wildman–Crippen MR) is 159 cm³/mol. The third-order valence-electron chi connectivity index (χ3n) is 6.07. The van der Waals surface area contributed by atoms with E-state index in [9.17, 15) is 9.59 Å². The summed E-state index contributed by atoms with van der Waals surface area (Å²) in [6, 6.07) is 22.3. The van der Waals surface area contributed by atoms with Gasteiger partial charge in [-0.2, -0.15) is 0 Å². The predicted octanol–water partition coefficient (Wildman–Crippen LogP) is 7.54. The summed E-state index contributed by atoms with van der Waals surface area (Å²) < 4.78 is 1.01. The smallest absolute Gasteiger partial charge is 0.243 e. The van der Waals surface area contributed by atoms with Gasteiger partial charge in [-0.25, -0.2) is 0 Å². The number of amides is 2. The highest BCUT2D eigenvalue weighted by atomic mass is 79.9. The van der Waals surface area contributed by atoms with Gasteiger partial charge in [0.1, 0.15) is 6.04 Å². The number of carbonyl (C=O) groups is 2. The number of carbonyl (C=O) groups excluding carboxylic acids is 2. The molecule has 0 fully saturated rings. The van der Waals surface area contributed by atoms with Crippen molar-refractivity contribution in [2.75, 3.05) is 5.75 Å². The van der Waals surface area contributed by atoms with E-state index in [1.807, 2.05) is 68.4 Å². The molecule has 3 aromatic carbocycles. The molecule has 0 spiro atoms. The summed E-state index contributed by atoms with van der Waals surface area (Å²) in [5.74, 6) is 0.577. The molecule has 4 nitrogen and oxygen atoms in total. The van der Waals surface area contributed by atoms with Crippen LogP contribution < -0.4 is 5.32 Å². The Labute approximate surface area is 242 Å². The molecule has 8 heteroatoms.